The third-order valence-electron chi connectivity index (χ3n) is 2.63. The van der Waals surface area contributed by atoms with Crippen molar-refractivity contribution in [1.82, 2.24) is 0 Å². The van der Waals surface area contributed by atoms with Crippen molar-refractivity contribution in [3.05, 3.63) is 55.2 Å². The molecule has 0 unspecified atom stereocenters. The smallest absolute Gasteiger partial charge is 0.262 e. The molecule has 0 radical (unpaired) electrons. The molecule has 0 spiro atoms. The fourth-order valence-electron chi connectivity index (χ4n) is 1.59. The van der Waals surface area contributed by atoms with E-state index in [9.17, 15) is 9.18 Å². The van der Waals surface area contributed by atoms with Crippen molar-refractivity contribution in [2.75, 3.05) is 11.9 Å². The second kappa shape index (κ2) is 7.77. The minimum atomic E-state index is -0.576. The van der Waals surface area contributed by atoms with Crippen LogP contribution in [0.4, 0.5) is 10.1 Å². The fraction of sp³-hybridized carbons (Fsp3) is 0.0714. The number of rotatable bonds is 4. The van der Waals surface area contributed by atoms with Gasteiger partial charge in [0.1, 0.15) is 11.6 Å². The average molecular weight is 417 g/mol. The quantitative estimate of drug-likeness (QED) is 0.610. The molecule has 1 amide bonds. The van der Waals surface area contributed by atoms with Crippen LogP contribution in [0.2, 0.25) is 25.1 Å². The lowest BCUT2D eigenvalue weighted by Crippen LogP contribution is -2.20. The summed E-state index contributed by atoms with van der Waals surface area (Å²) in [5.74, 6) is -0.934. The molecule has 0 saturated carbocycles. The van der Waals surface area contributed by atoms with Crippen LogP contribution in [-0.2, 0) is 4.79 Å². The molecule has 0 aromatic heterocycles. The van der Waals surface area contributed by atoms with Crippen molar-refractivity contribution < 1.29 is 13.9 Å². The molecule has 1 N–H and O–H groups in total. The molecule has 122 valence electrons. The van der Waals surface area contributed by atoms with E-state index in [1.165, 1.54) is 12.1 Å². The van der Waals surface area contributed by atoms with E-state index in [2.05, 4.69) is 5.32 Å². The summed E-state index contributed by atoms with van der Waals surface area (Å²) >= 11 is 29.5. The van der Waals surface area contributed by atoms with Gasteiger partial charge in [-0.1, -0.05) is 58.0 Å². The zero-order valence-corrected chi connectivity index (χ0v) is 14.9. The maximum Gasteiger partial charge on any atom is 0.262 e. The summed E-state index contributed by atoms with van der Waals surface area (Å²) in [6.07, 6.45) is 0. The number of benzene rings is 2. The molecule has 0 heterocycles. The van der Waals surface area contributed by atoms with E-state index in [4.69, 9.17) is 62.7 Å². The van der Waals surface area contributed by atoms with Gasteiger partial charge in [-0.15, -0.1) is 0 Å². The van der Waals surface area contributed by atoms with Crippen LogP contribution in [0.15, 0.2) is 24.3 Å². The monoisotopic (exact) mass is 415 g/mol. The van der Waals surface area contributed by atoms with E-state index >= 15 is 0 Å². The first-order chi connectivity index (χ1) is 10.8. The lowest BCUT2D eigenvalue weighted by atomic mass is 10.3. The molecule has 0 fully saturated rings. The molecular formula is C14H7Cl5FNO2. The second-order valence-electron chi connectivity index (χ2n) is 4.25. The number of carbonyl (C=O) groups is 1. The van der Waals surface area contributed by atoms with Crippen LogP contribution in [0.5, 0.6) is 5.75 Å². The molecule has 9 heteroatoms. The average Bonchev–Trinajstić information content (AvgIpc) is 2.49. The highest BCUT2D eigenvalue weighted by Gasteiger charge is 2.17. The van der Waals surface area contributed by atoms with E-state index in [0.717, 1.165) is 12.1 Å². The summed E-state index contributed by atoms with van der Waals surface area (Å²) < 4.78 is 18.1. The van der Waals surface area contributed by atoms with Gasteiger partial charge in [-0.3, -0.25) is 4.79 Å². The minimum Gasteiger partial charge on any atom is -0.482 e. The summed E-state index contributed by atoms with van der Waals surface area (Å²) in [4.78, 5) is 11.9. The summed E-state index contributed by atoms with van der Waals surface area (Å²) in [6.45, 7) is -0.401. The second-order valence-corrected chi connectivity index (χ2v) is 6.23. The van der Waals surface area contributed by atoms with E-state index < -0.39 is 18.3 Å². The first-order valence-corrected chi connectivity index (χ1v) is 7.89. The van der Waals surface area contributed by atoms with Crippen molar-refractivity contribution in [3.63, 3.8) is 0 Å². The Kier molecular flexibility index (Phi) is 6.23. The summed E-state index contributed by atoms with van der Waals surface area (Å²) in [5, 5.41) is 2.86. The number of anilines is 1. The lowest BCUT2D eigenvalue weighted by Gasteiger charge is -2.12. The first kappa shape index (κ1) is 18.4. The predicted octanol–water partition coefficient (Wildman–Crippen LogP) is 6.11. The van der Waals surface area contributed by atoms with Crippen LogP contribution in [0, 0.1) is 5.82 Å². The van der Waals surface area contributed by atoms with Gasteiger partial charge in [0, 0.05) is 0 Å². The Balaban J connectivity index is 2.09. The van der Waals surface area contributed by atoms with Gasteiger partial charge in [0.15, 0.2) is 6.61 Å². The Morgan fingerprint density at radius 1 is 1.00 bits per heavy atom. The number of hydrogen-bond donors (Lipinski definition) is 1. The molecule has 2 aromatic rings. The number of halogens is 6. The largest absolute Gasteiger partial charge is 0.482 e. The molecule has 0 atom stereocenters. The third-order valence-corrected chi connectivity index (χ3v) is 4.50. The van der Waals surface area contributed by atoms with Crippen LogP contribution < -0.4 is 10.1 Å². The zero-order valence-electron chi connectivity index (χ0n) is 11.1. The molecule has 3 nitrogen and oxygen atoms in total. The third kappa shape index (κ3) is 4.55. The molecule has 2 aromatic carbocycles. The minimum absolute atomic E-state index is 0.0414. The predicted molar refractivity (Wildman–Crippen MR) is 92.0 cm³/mol. The maximum atomic E-state index is 12.9. The van der Waals surface area contributed by atoms with Crippen molar-refractivity contribution >= 4 is 69.6 Å². The van der Waals surface area contributed by atoms with Crippen LogP contribution in [-0.4, -0.2) is 12.5 Å². The molecule has 23 heavy (non-hydrogen) atoms. The van der Waals surface area contributed by atoms with Gasteiger partial charge < -0.3 is 10.1 Å². The Labute approximate surface area is 156 Å². The van der Waals surface area contributed by atoms with Gasteiger partial charge in [0.2, 0.25) is 0 Å². The highest BCUT2D eigenvalue weighted by atomic mass is 35.5. The Morgan fingerprint density at radius 3 is 2.17 bits per heavy atom. The van der Waals surface area contributed by atoms with Crippen LogP contribution >= 0.6 is 58.0 Å². The number of carbonyl (C=O) groups excluding carboxylic acids is 1. The zero-order chi connectivity index (χ0) is 17.1. The standard InChI is InChI=1S/C14H7Cl5FNO2/c15-7-3-6(20)1-2-10(7)23-5-11(22)21-14-12(18)8(16)4-9(17)13(14)19/h1-4H,5H2,(H,21,22). The van der Waals surface area contributed by atoms with Crippen molar-refractivity contribution in [1.29, 1.82) is 0 Å². The highest BCUT2D eigenvalue weighted by Crippen LogP contribution is 2.41. The Hall–Kier alpha value is -0.910. The highest BCUT2D eigenvalue weighted by molar-refractivity contribution is 6.50. The van der Waals surface area contributed by atoms with Gasteiger partial charge in [0.25, 0.3) is 5.91 Å². The molecule has 0 aliphatic rings. The SMILES string of the molecule is O=C(COc1ccc(F)cc1Cl)Nc1c(Cl)c(Cl)cc(Cl)c1Cl. The van der Waals surface area contributed by atoms with Gasteiger partial charge in [-0.2, -0.15) is 0 Å². The van der Waals surface area contributed by atoms with E-state index in [-0.39, 0.29) is 36.6 Å². The van der Waals surface area contributed by atoms with Crippen molar-refractivity contribution in [2.45, 2.75) is 0 Å². The van der Waals surface area contributed by atoms with Gasteiger partial charge in [-0.05, 0) is 24.3 Å². The summed E-state index contributed by atoms with van der Waals surface area (Å²) in [5.41, 5.74) is 0.0737. The van der Waals surface area contributed by atoms with Crippen molar-refractivity contribution in [2.24, 2.45) is 0 Å². The van der Waals surface area contributed by atoms with Gasteiger partial charge >= 0.3 is 0 Å². The molecule has 0 aliphatic heterocycles. The van der Waals surface area contributed by atoms with E-state index in [1.54, 1.807) is 0 Å². The number of nitrogens with one attached hydrogen (secondary N) is 1. The topological polar surface area (TPSA) is 38.3 Å². The fourth-order valence-corrected chi connectivity index (χ4v) is 2.72. The maximum absolute atomic E-state index is 12.9. The summed E-state index contributed by atoms with van der Waals surface area (Å²) in [6, 6.07) is 4.89. The van der Waals surface area contributed by atoms with Gasteiger partial charge in [0.05, 0.1) is 30.8 Å². The van der Waals surface area contributed by atoms with E-state index in [1.807, 2.05) is 0 Å². The molecule has 0 saturated heterocycles. The van der Waals surface area contributed by atoms with Crippen LogP contribution in [0.1, 0.15) is 0 Å². The summed E-state index contributed by atoms with van der Waals surface area (Å²) in [7, 11) is 0. The number of amides is 1. The number of hydrogen-bond acceptors (Lipinski definition) is 2. The normalized spacial score (nSPS) is 10.5. The molecular weight excluding hydrogens is 410 g/mol. The molecule has 0 aliphatic carbocycles. The first-order valence-electron chi connectivity index (χ1n) is 6.00. The molecule has 2 rings (SSSR count). The Morgan fingerprint density at radius 2 is 1.61 bits per heavy atom. The molecule has 0 bridgehead atoms. The number of ether oxygens (including phenoxy) is 1. The Bertz CT molecular complexity index is 743. The van der Waals surface area contributed by atoms with Gasteiger partial charge in [-0.25, -0.2) is 4.39 Å². The van der Waals surface area contributed by atoms with Crippen LogP contribution in [0.3, 0.4) is 0 Å². The van der Waals surface area contributed by atoms with Crippen LogP contribution in [0.25, 0.3) is 0 Å². The van der Waals surface area contributed by atoms with E-state index in [0.29, 0.717) is 0 Å². The van der Waals surface area contributed by atoms with Crippen molar-refractivity contribution in [3.8, 4) is 5.75 Å². The lowest BCUT2D eigenvalue weighted by molar-refractivity contribution is -0.118.